The molecule has 1 N–H and O–H groups in total. The monoisotopic (exact) mass is 507 g/mol. The summed E-state index contributed by atoms with van der Waals surface area (Å²) in [5, 5.41) is 13.3. The van der Waals surface area contributed by atoms with Crippen molar-refractivity contribution < 1.29 is 23.5 Å². The number of carbonyl (C=O) groups is 1. The normalized spacial score (nSPS) is 15.5. The average Bonchev–Trinajstić information content (AvgIpc) is 2.90. The van der Waals surface area contributed by atoms with Crippen LogP contribution in [0.3, 0.4) is 0 Å². The Labute approximate surface area is 215 Å². The van der Waals surface area contributed by atoms with Gasteiger partial charge in [-0.25, -0.2) is 8.78 Å². The first-order valence-corrected chi connectivity index (χ1v) is 12.5. The Balaban J connectivity index is 1.58. The molecule has 8 heteroatoms. The Hall–Kier alpha value is -3.81. The molecule has 0 radical (unpaired) electrons. The molecule has 1 saturated heterocycles. The van der Waals surface area contributed by atoms with E-state index in [0.717, 1.165) is 48.9 Å². The van der Waals surface area contributed by atoms with Crippen molar-refractivity contribution in [2.45, 2.75) is 39.0 Å². The number of rotatable bonds is 8. The van der Waals surface area contributed by atoms with Gasteiger partial charge in [0.25, 0.3) is 0 Å². The van der Waals surface area contributed by atoms with Crippen molar-refractivity contribution in [3.63, 3.8) is 0 Å². The Morgan fingerprint density at radius 3 is 2.49 bits per heavy atom. The summed E-state index contributed by atoms with van der Waals surface area (Å²) in [4.78, 5) is 18.5. The molecular weight excluding hydrogens is 476 g/mol. The van der Waals surface area contributed by atoms with Crippen LogP contribution in [0.25, 0.3) is 0 Å². The molecule has 2 heterocycles. The largest absolute Gasteiger partial charge is 0.466 e. The van der Waals surface area contributed by atoms with Gasteiger partial charge < -0.3 is 14.8 Å². The average molecular weight is 508 g/mol. The lowest BCUT2D eigenvalue weighted by Crippen LogP contribution is -2.36. The summed E-state index contributed by atoms with van der Waals surface area (Å²) < 4.78 is 33.8. The van der Waals surface area contributed by atoms with Gasteiger partial charge in [-0.2, -0.15) is 0 Å². The number of carbonyl (C=O) groups excluding carboxylic acids is 1. The van der Waals surface area contributed by atoms with Gasteiger partial charge >= 0.3 is 5.97 Å². The first-order valence-electron chi connectivity index (χ1n) is 12.5. The summed E-state index contributed by atoms with van der Waals surface area (Å²) in [7, 11) is 0. The van der Waals surface area contributed by atoms with Gasteiger partial charge in [-0.3, -0.25) is 9.78 Å². The molecular formula is C29H31F2N3O3. The molecule has 0 aliphatic carbocycles. The highest BCUT2D eigenvalue weighted by Gasteiger charge is 2.27. The van der Waals surface area contributed by atoms with E-state index in [1.54, 1.807) is 18.3 Å². The minimum Gasteiger partial charge on any atom is -0.466 e. The van der Waals surface area contributed by atoms with Gasteiger partial charge in [0.15, 0.2) is 0 Å². The molecule has 194 valence electrons. The van der Waals surface area contributed by atoms with E-state index in [0.29, 0.717) is 23.4 Å². The van der Waals surface area contributed by atoms with Crippen LogP contribution in [0.4, 0.5) is 14.5 Å². The molecule has 6 nitrogen and oxygen atoms in total. The SMILES string of the molecule is CCOC(=O)C1CCN(c2ccc(C(CC(=NO)c3ccnc(C)c3)c3ccc(F)cc3F)cc2)CC1. The van der Waals surface area contributed by atoms with E-state index in [2.05, 4.69) is 15.0 Å². The number of ether oxygens (including phenoxy) is 1. The molecule has 0 spiro atoms. The fraction of sp³-hybridized carbons (Fsp3) is 0.345. The highest BCUT2D eigenvalue weighted by Crippen LogP contribution is 2.34. The van der Waals surface area contributed by atoms with Crippen LogP contribution in [-0.4, -0.2) is 41.6 Å². The summed E-state index contributed by atoms with van der Waals surface area (Å²) >= 11 is 0. The zero-order valence-electron chi connectivity index (χ0n) is 21.0. The number of hydrogen-bond donors (Lipinski definition) is 1. The molecule has 1 aliphatic rings. The fourth-order valence-electron chi connectivity index (χ4n) is 4.88. The second kappa shape index (κ2) is 12.0. The van der Waals surface area contributed by atoms with E-state index in [-0.39, 0.29) is 18.3 Å². The maximum atomic E-state index is 14.9. The minimum atomic E-state index is -0.654. The summed E-state index contributed by atoms with van der Waals surface area (Å²) in [5.41, 5.74) is 3.95. The van der Waals surface area contributed by atoms with Gasteiger partial charge in [-0.1, -0.05) is 23.4 Å². The van der Waals surface area contributed by atoms with Crippen molar-refractivity contribution in [2.24, 2.45) is 11.1 Å². The summed E-state index contributed by atoms with van der Waals surface area (Å²) in [6.07, 6.45) is 3.29. The molecule has 0 saturated carbocycles. The van der Waals surface area contributed by atoms with Gasteiger partial charge in [0.1, 0.15) is 11.6 Å². The molecule has 1 aromatic heterocycles. The third-order valence-electron chi connectivity index (χ3n) is 6.86. The van der Waals surface area contributed by atoms with Crippen LogP contribution >= 0.6 is 0 Å². The molecule has 1 unspecified atom stereocenters. The lowest BCUT2D eigenvalue weighted by molar-refractivity contribution is -0.148. The van der Waals surface area contributed by atoms with Crippen molar-refractivity contribution in [1.29, 1.82) is 0 Å². The van der Waals surface area contributed by atoms with Gasteiger partial charge in [0.2, 0.25) is 0 Å². The van der Waals surface area contributed by atoms with E-state index >= 15 is 0 Å². The summed E-state index contributed by atoms with van der Waals surface area (Å²) in [6.45, 7) is 5.51. The van der Waals surface area contributed by atoms with Crippen LogP contribution in [0.15, 0.2) is 65.9 Å². The van der Waals surface area contributed by atoms with E-state index in [1.165, 1.54) is 12.1 Å². The Morgan fingerprint density at radius 2 is 1.86 bits per heavy atom. The van der Waals surface area contributed by atoms with Crippen molar-refractivity contribution in [1.82, 2.24) is 4.98 Å². The number of anilines is 1. The van der Waals surface area contributed by atoms with Crippen LogP contribution < -0.4 is 4.90 Å². The number of oxime groups is 1. The smallest absolute Gasteiger partial charge is 0.309 e. The number of halogens is 2. The van der Waals surface area contributed by atoms with Crippen molar-refractivity contribution in [3.05, 3.63) is 94.8 Å². The second-order valence-electron chi connectivity index (χ2n) is 9.26. The Kier molecular flexibility index (Phi) is 8.48. The molecule has 0 bridgehead atoms. The number of aryl methyl sites for hydroxylation is 1. The first-order chi connectivity index (χ1) is 17.9. The molecule has 1 aliphatic heterocycles. The van der Waals surface area contributed by atoms with Crippen molar-refractivity contribution in [3.8, 4) is 0 Å². The molecule has 4 rings (SSSR count). The lowest BCUT2D eigenvalue weighted by Gasteiger charge is -2.32. The molecule has 0 amide bonds. The summed E-state index contributed by atoms with van der Waals surface area (Å²) in [5.74, 6) is -2.02. The molecule has 1 atom stereocenters. The van der Waals surface area contributed by atoms with Gasteiger partial charge in [0, 0.05) is 54.6 Å². The van der Waals surface area contributed by atoms with Crippen LogP contribution in [0.2, 0.25) is 0 Å². The predicted octanol–water partition coefficient (Wildman–Crippen LogP) is 5.85. The van der Waals surface area contributed by atoms with Crippen LogP contribution in [-0.2, 0) is 9.53 Å². The molecule has 2 aromatic carbocycles. The molecule has 3 aromatic rings. The fourth-order valence-corrected chi connectivity index (χ4v) is 4.88. The molecule has 1 fully saturated rings. The molecule has 37 heavy (non-hydrogen) atoms. The quantitative estimate of drug-likeness (QED) is 0.179. The lowest BCUT2D eigenvalue weighted by atomic mass is 9.85. The van der Waals surface area contributed by atoms with Crippen LogP contribution in [0, 0.1) is 24.5 Å². The number of piperidine rings is 1. The number of esters is 1. The summed E-state index contributed by atoms with van der Waals surface area (Å²) in [6, 6.07) is 14.9. The van der Waals surface area contributed by atoms with E-state index < -0.39 is 17.6 Å². The number of hydrogen-bond acceptors (Lipinski definition) is 6. The van der Waals surface area contributed by atoms with Gasteiger partial charge in [-0.15, -0.1) is 0 Å². The van der Waals surface area contributed by atoms with Crippen molar-refractivity contribution in [2.75, 3.05) is 24.6 Å². The van der Waals surface area contributed by atoms with E-state index in [4.69, 9.17) is 4.74 Å². The number of benzene rings is 2. The minimum absolute atomic E-state index is 0.0747. The number of pyridine rings is 1. The second-order valence-corrected chi connectivity index (χ2v) is 9.26. The highest BCUT2D eigenvalue weighted by atomic mass is 19.1. The predicted molar refractivity (Wildman–Crippen MR) is 138 cm³/mol. The van der Waals surface area contributed by atoms with Crippen LogP contribution in [0.5, 0.6) is 0 Å². The Bertz CT molecular complexity index is 1260. The number of aromatic nitrogens is 1. The van der Waals surface area contributed by atoms with Crippen molar-refractivity contribution >= 4 is 17.4 Å². The van der Waals surface area contributed by atoms with Gasteiger partial charge in [-0.05, 0) is 68.1 Å². The maximum Gasteiger partial charge on any atom is 0.309 e. The van der Waals surface area contributed by atoms with E-state index in [9.17, 15) is 18.8 Å². The zero-order chi connectivity index (χ0) is 26.4. The third-order valence-corrected chi connectivity index (χ3v) is 6.86. The highest BCUT2D eigenvalue weighted by molar-refractivity contribution is 6.00. The number of nitrogens with zero attached hydrogens (tertiary/aromatic N) is 3. The first kappa shape index (κ1) is 26.3. The van der Waals surface area contributed by atoms with Gasteiger partial charge in [0.05, 0.1) is 18.2 Å². The van der Waals surface area contributed by atoms with Crippen LogP contribution in [0.1, 0.15) is 54.5 Å². The maximum absolute atomic E-state index is 14.9. The zero-order valence-corrected chi connectivity index (χ0v) is 21.0. The van der Waals surface area contributed by atoms with E-state index in [1.807, 2.05) is 38.1 Å². The third kappa shape index (κ3) is 6.31. The topological polar surface area (TPSA) is 75.0 Å². The Morgan fingerprint density at radius 1 is 1.14 bits per heavy atom. The standard InChI is InChI=1S/C29H31F2N3O3/c1-3-37-29(35)21-11-14-34(15-12-21)24-7-4-20(5-8-24)26(25-9-6-23(30)17-27(25)31)18-28(33-36)22-10-13-32-19(2)16-22/h4-10,13,16-17,21,26,36H,3,11-12,14-15,18H2,1-2H3.